The van der Waals surface area contributed by atoms with Gasteiger partial charge in [0.25, 0.3) is 6.71 Å². The van der Waals surface area contributed by atoms with Gasteiger partial charge in [-0.25, -0.2) is 0 Å². The molecule has 13 rings (SSSR count). The molecule has 0 fully saturated rings. The molecule has 0 saturated heterocycles. The highest BCUT2D eigenvalue weighted by molar-refractivity contribution is 6.98. The fourth-order valence-corrected chi connectivity index (χ4v) is 9.85. The third-order valence-corrected chi connectivity index (χ3v) is 12.6. The van der Waals surface area contributed by atoms with E-state index in [1.54, 1.807) is 0 Å². The van der Waals surface area contributed by atoms with E-state index in [0.717, 1.165) is 117 Å². The summed E-state index contributed by atoms with van der Waals surface area (Å²) >= 11 is 0. The van der Waals surface area contributed by atoms with E-state index in [0.29, 0.717) is 0 Å². The van der Waals surface area contributed by atoms with Crippen molar-refractivity contribution >= 4 is 101 Å². The standard InChI is InChI=1S/C56H37BN2O4/c1-34-12-9-18-38(30-34)58(36-14-5-3-6-15-36)40-22-24-42-44-26-28-46-55(53(44)62-50(42)32-40)60-48-20-11-21-49-52(48)57(46)47-29-27-45-43-25-23-41(33-51(43)63-54(45)56(47)61-49)59(37-16-7-4-8-17-37)39-19-10-13-35(2)31-39/h3-33H,1-2H3. The molecule has 2 aromatic heterocycles. The van der Waals surface area contributed by atoms with Gasteiger partial charge >= 0.3 is 0 Å². The Hall–Kier alpha value is -8.16. The fourth-order valence-electron chi connectivity index (χ4n) is 9.85. The minimum Gasteiger partial charge on any atom is -0.454 e. The molecule has 0 radical (unpaired) electrons. The molecule has 0 bridgehead atoms. The summed E-state index contributed by atoms with van der Waals surface area (Å²) in [6, 6.07) is 65.8. The molecule has 7 heteroatoms. The molecule has 6 nitrogen and oxygen atoms in total. The average Bonchev–Trinajstić information content (AvgIpc) is 3.88. The number of anilines is 6. The van der Waals surface area contributed by atoms with E-state index in [-0.39, 0.29) is 6.71 Å². The van der Waals surface area contributed by atoms with E-state index in [4.69, 9.17) is 18.3 Å². The molecule has 0 aliphatic carbocycles. The second-order valence-electron chi connectivity index (χ2n) is 16.6. The highest BCUT2D eigenvalue weighted by Gasteiger charge is 2.42. The molecule has 0 N–H and O–H groups in total. The van der Waals surface area contributed by atoms with Crippen LogP contribution in [0.2, 0.25) is 0 Å². The van der Waals surface area contributed by atoms with Gasteiger partial charge in [-0.1, -0.05) is 91.0 Å². The highest BCUT2D eigenvalue weighted by Crippen LogP contribution is 2.46. The number of benzene rings is 9. The summed E-state index contributed by atoms with van der Waals surface area (Å²) in [7, 11) is 0. The van der Waals surface area contributed by atoms with Crippen LogP contribution in [-0.4, -0.2) is 6.71 Å². The minimum absolute atomic E-state index is 0.171. The molecule has 0 unspecified atom stereocenters. The summed E-state index contributed by atoms with van der Waals surface area (Å²) in [5.74, 6) is 2.95. The van der Waals surface area contributed by atoms with E-state index in [2.05, 4.69) is 181 Å². The molecule has 298 valence electrons. The SMILES string of the molecule is Cc1cccc(N(c2ccccc2)c2ccc3c(c2)oc2c4c(ccc23)B2c3ccc5c(oc6cc(N(c7ccccc7)c7cccc(C)c7)ccc65)c3Oc3cccc(c32)O4)c1. The summed E-state index contributed by atoms with van der Waals surface area (Å²) in [6.07, 6.45) is 0. The predicted molar refractivity (Wildman–Crippen MR) is 258 cm³/mol. The Labute approximate surface area is 363 Å². The third kappa shape index (κ3) is 5.53. The predicted octanol–water partition coefficient (Wildman–Crippen LogP) is 13.8. The smallest absolute Gasteiger partial charge is 0.261 e. The maximum absolute atomic E-state index is 6.89. The normalized spacial score (nSPS) is 12.5. The van der Waals surface area contributed by atoms with Crippen LogP contribution < -0.4 is 35.7 Å². The van der Waals surface area contributed by atoms with Crippen molar-refractivity contribution in [2.45, 2.75) is 13.8 Å². The molecular formula is C56H37BN2O4. The Kier molecular flexibility index (Phi) is 7.73. The molecule has 2 aliphatic rings. The van der Waals surface area contributed by atoms with Crippen LogP contribution in [-0.2, 0) is 0 Å². The van der Waals surface area contributed by atoms with Gasteiger partial charge in [0, 0.05) is 73.3 Å². The number of aryl methyl sites for hydroxylation is 2. The lowest BCUT2D eigenvalue weighted by molar-refractivity contribution is 0.459. The van der Waals surface area contributed by atoms with Crippen LogP contribution in [0.25, 0.3) is 43.9 Å². The van der Waals surface area contributed by atoms with Crippen molar-refractivity contribution in [3.63, 3.8) is 0 Å². The van der Waals surface area contributed by atoms with Gasteiger partial charge in [0.2, 0.25) is 0 Å². The second kappa shape index (κ2) is 13.7. The van der Waals surface area contributed by atoms with Crippen LogP contribution in [0.1, 0.15) is 11.1 Å². The van der Waals surface area contributed by atoms with E-state index in [9.17, 15) is 0 Å². The number of para-hydroxylation sites is 2. The molecule has 2 aliphatic heterocycles. The molecule has 9 aromatic carbocycles. The molecular weight excluding hydrogens is 775 g/mol. The van der Waals surface area contributed by atoms with Gasteiger partial charge in [-0.3, -0.25) is 0 Å². The average molecular weight is 813 g/mol. The lowest BCUT2D eigenvalue weighted by Crippen LogP contribution is -2.57. The minimum atomic E-state index is -0.171. The quantitative estimate of drug-likeness (QED) is 0.156. The van der Waals surface area contributed by atoms with Crippen LogP contribution in [0.4, 0.5) is 34.1 Å². The summed E-state index contributed by atoms with van der Waals surface area (Å²) in [6.45, 7) is 4.08. The van der Waals surface area contributed by atoms with Crippen molar-refractivity contribution in [2.24, 2.45) is 0 Å². The zero-order valence-electron chi connectivity index (χ0n) is 34.5. The van der Waals surface area contributed by atoms with Crippen LogP contribution in [0.3, 0.4) is 0 Å². The largest absolute Gasteiger partial charge is 0.454 e. The number of hydrogen-bond acceptors (Lipinski definition) is 6. The van der Waals surface area contributed by atoms with Gasteiger partial charge < -0.3 is 28.1 Å². The van der Waals surface area contributed by atoms with Crippen LogP contribution in [0, 0.1) is 13.8 Å². The zero-order chi connectivity index (χ0) is 41.8. The fraction of sp³-hybridized carbons (Fsp3) is 0.0357. The molecule has 63 heavy (non-hydrogen) atoms. The van der Waals surface area contributed by atoms with Gasteiger partial charge in [0.15, 0.2) is 22.7 Å². The lowest BCUT2D eigenvalue weighted by Gasteiger charge is -2.32. The zero-order valence-corrected chi connectivity index (χ0v) is 34.5. The Morgan fingerprint density at radius 3 is 1.24 bits per heavy atom. The van der Waals surface area contributed by atoms with Crippen LogP contribution in [0.5, 0.6) is 23.0 Å². The first-order chi connectivity index (χ1) is 31.0. The Bertz CT molecular complexity index is 3400. The first-order valence-electron chi connectivity index (χ1n) is 21.3. The van der Waals surface area contributed by atoms with Gasteiger partial charge in [-0.15, -0.1) is 0 Å². The maximum atomic E-state index is 6.89. The summed E-state index contributed by atoms with van der Waals surface area (Å²) in [4.78, 5) is 4.54. The highest BCUT2D eigenvalue weighted by atomic mass is 16.5. The van der Waals surface area contributed by atoms with E-state index in [1.165, 1.54) is 11.1 Å². The van der Waals surface area contributed by atoms with E-state index >= 15 is 0 Å². The van der Waals surface area contributed by atoms with Crippen molar-refractivity contribution in [3.05, 3.63) is 199 Å². The van der Waals surface area contributed by atoms with Gasteiger partial charge in [0.1, 0.15) is 22.7 Å². The number of ether oxygens (including phenoxy) is 2. The van der Waals surface area contributed by atoms with Gasteiger partial charge in [0.05, 0.1) is 0 Å². The topological polar surface area (TPSA) is 51.2 Å². The number of furan rings is 2. The second-order valence-corrected chi connectivity index (χ2v) is 16.6. The van der Waals surface area contributed by atoms with E-state index < -0.39 is 0 Å². The monoisotopic (exact) mass is 812 g/mol. The number of hydrogen-bond donors (Lipinski definition) is 0. The first-order valence-corrected chi connectivity index (χ1v) is 21.3. The molecule has 0 atom stereocenters. The molecule has 0 spiro atoms. The number of rotatable bonds is 6. The molecule has 0 saturated carbocycles. The summed E-state index contributed by atoms with van der Waals surface area (Å²) < 4.78 is 27.5. The van der Waals surface area contributed by atoms with Crippen molar-refractivity contribution in [1.29, 1.82) is 0 Å². The van der Waals surface area contributed by atoms with Crippen LogP contribution >= 0.6 is 0 Å². The molecule has 4 heterocycles. The number of fused-ring (bicyclic) bond motifs is 12. The van der Waals surface area contributed by atoms with Crippen LogP contribution in [0.15, 0.2) is 197 Å². The van der Waals surface area contributed by atoms with Crippen molar-refractivity contribution in [3.8, 4) is 23.0 Å². The maximum Gasteiger partial charge on any atom is 0.261 e. The molecule has 11 aromatic rings. The summed E-state index contributed by atoms with van der Waals surface area (Å²) in [5.41, 5.74) is 14.8. The van der Waals surface area contributed by atoms with Crippen molar-refractivity contribution < 1.29 is 18.3 Å². The lowest BCUT2D eigenvalue weighted by atomic mass is 9.35. The summed E-state index contributed by atoms with van der Waals surface area (Å²) in [5, 5.41) is 4.06. The Morgan fingerprint density at radius 1 is 0.365 bits per heavy atom. The van der Waals surface area contributed by atoms with E-state index in [1.807, 2.05) is 30.3 Å². The number of nitrogens with zero attached hydrogens (tertiary/aromatic N) is 2. The third-order valence-electron chi connectivity index (χ3n) is 12.6. The first kappa shape index (κ1) is 35.6. The Morgan fingerprint density at radius 2 is 0.778 bits per heavy atom. The van der Waals surface area contributed by atoms with Gasteiger partial charge in [-0.05, 0) is 121 Å². The Balaban J connectivity index is 0.947. The molecule has 0 amide bonds. The van der Waals surface area contributed by atoms with Crippen molar-refractivity contribution in [1.82, 2.24) is 0 Å². The van der Waals surface area contributed by atoms with Crippen molar-refractivity contribution in [2.75, 3.05) is 9.80 Å². The van der Waals surface area contributed by atoms with Gasteiger partial charge in [-0.2, -0.15) is 0 Å².